The average Bonchev–Trinajstić information content (AvgIpc) is 2.52. The maximum atomic E-state index is 5.97. The molecule has 1 aromatic carbocycles. The average molecular weight is 444 g/mol. The molecule has 3 N–H and O–H groups in total. The number of aryl methyl sites for hydroxylation is 2. The van der Waals surface area contributed by atoms with Crippen LogP contribution in [0.5, 0.6) is 0 Å². The van der Waals surface area contributed by atoms with E-state index < -0.39 is 0 Å². The Bertz CT molecular complexity index is 530. The van der Waals surface area contributed by atoms with Crippen molar-refractivity contribution in [3.05, 3.63) is 29.3 Å². The summed E-state index contributed by atoms with van der Waals surface area (Å²) in [7, 11) is 0. The molecule has 0 aromatic heterocycles. The van der Waals surface area contributed by atoms with Gasteiger partial charge in [-0.05, 0) is 82.8 Å². The van der Waals surface area contributed by atoms with E-state index in [2.05, 4.69) is 48.1 Å². The van der Waals surface area contributed by atoms with E-state index in [9.17, 15) is 0 Å². The molecule has 0 spiro atoms. The van der Waals surface area contributed by atoms with E-state index in [0.29, 0.717) is 5.96 Å². The van der Waals surface area contributed by atoms with Gasteiger partial charge < -0.3 is 16.0 Å². The van der Waals surface area contributed by atoms with Gasteiger partial charge in [-0.25, -0.2) is 0 Å². The predicted molar refractivity (Wildman–Crippen MR) is 116 cm³/mol. The number of rotatable bonds is 6. The van der Waals surface area contributed by atoms with Gasteiger partial charge >= 0.3 is 0 Å². The van der Waals surface area contributed by atoms with E-state index >= 15 is 0 Å². The van der Waals surface area contributed by atoms with E-state index in [-0.39, 0.29) is 24.0 Å². The van der Waals surface area contributed by atoms with Crippen LogP contribution in [0.25, 0.3) is 0 Å². The van der Waals surface area contributed by atoms with Crippen LogP contribution in [0.4, 0.5) is 5.69 Å². The fourth-order valence-electron chi connectivity index (χ4n) is 3.12. The van der Waals surface area contributed by atoms with Gasteiger partial charge in [0, 0.05) is 18.3 Å². The molecule has 5 heteroatoms. The molecule has 1 heterocycles. The quantitative estimate of drug-likeness (QED) is 0.298. The molecule has 0 saturated carbocycles. The maximum absolute atomic E-state index is 5.97. The zero-order valence-electron chi connectivity index (χ0n) is 15.3. The van der Waals surface area contributed by atoms with Crippen LogP contribution in [0, 0.1) is 13.8 Å². The number of nitrogens with zero attached hydrogens (tertiary/aromatic N) is 2. The number of nitrogens with two attached hydrogens (primary N) is 1. The zero-order valence-corrected chi connectivity index (χ0v) is 17.7. The SMILES string of the molecule is Cc1ccc(NC(N)=NCCCCN2CCCCC2C)cc1C.I. The highest BCUT2D eigenvalue weighted by atomic mass is 127. The Morgan fingerprint density at radius 3 is 2.75 bits per heavy atom. The van der Waals surface area contributed by atoms with Crippen LogP contribution < -0.4 is 11.1 Å². The number of benzene rings is 1. The monoisotopic (exact) mass is 444 g/mol. The summed E-state index contributed by atoms with van der Waals surface area (Å²) in [4.78, 5) is 7.05. The van der Waals surface area contributed by atoms with Gasteiger partial charge in [0.2, 0.25) is 0 Å². The highest BCUT2D eigenvalue weighted by Crippen LogP contribution is 2.16. The second kappa shape index (κ2) is 10.9. The maximum Gasteiger partial charge on any atom is 0.193 e. The van der Waals surface area contributed by atoms with E-state index in [1.807, 2.05) is 6.07 Å². The first-order valence-electron chi connectivity index (χ1n) is 8.94. The van der Waals surface area contributed by atoms with Gasteiger partial charge in [-0.3, -0.25) is 4.99 Å². The van der Waals surface area contributed by atoms with Crippen LogP contribution in [0.1, 0.15) is 50.2 Å². The van der Waals surface area contributed by atoms with Crippen molar-refractivity contribution in [1.29, 1.82) is 0 Å². The molecule has 0 bridgehead atoms. The molecule has 1 aliphatic rings. The predicted octanol–water partition coefficient (Wildman–Crippen LogP) is 4.30. The third-order valence-corrected chi connectivity index (χ3v) is 4.86. The number of halogens is 1. The van der Waals surface area contributed by atoms with Crippen LogP contribution in [-0.4, -0.2) is 36.5 Å². The number of guanidine groups is 1. The van der Waals surface area contributed by atoms with Gasteiger partial charge in [0.1, 0.15) is 0 Å². The van der Waals surface area contributed by atoms with Crippen molar-refractivity contribution >= 4 is 35.6 Å². The molecule has 1 aliphatic heterocycles. The van der Waals surface area contributed by atoms with Crippen molar-refractivity contribution in [3.8, 4) is 0 Å². The highest BCUT2D eigenvalue weighted by Gasteiger charge is 2.16. The lowest BCUT2D eigenvalue weighted by atomic mass is 10.0. The Morgan fingerprint density at radius 2 is 2.04 bits per heavy atom. The van der Waals surface area contributed by atoms with E-state index in [4.69, 9.17) is 5.73 Å². The number of nitrogens with one attached hydrogen (secondary N) is 1. The summed E-state index contributed by atoms with van der Waals surface area (Å²) in [5, 5.41) is 3.17. The minimum Gasteiger partial charge on any atom is -0.370 e. The molecular weight excluding hydrogens is 411 g/mol. The summed E-state index contributed by atoms with van der Waals surface area (Å²) in [6, 6.07) is 7.01. The standard InChI is InChI=1S/C19H32N4.HI/c1-15-9-10-18(14-16(15)2)22-19(20)21-11-5-7-13-23-12-6-4-8-17(23)3;/h9-10,14,17H,4-8,11-13H2,1-3H3,(H3,20,21,22);1H. The van der Waals surface area contributed by atoms with Gasteiger partial charge in [0.05, 0.1) is 0 Å². The number of unbranched alkanes of at least 4 members (excludes halogenated alkanes) is 1. The van der Waals surface area contributed by atoms with Gasteiger partial charge in [-0.2, -0.15) is 0 Å². The lowest BCUT2D eigenvalue weighted by molar-refractivity contribution is 0.158. The Kier molecular flexibility index (Phi) is 9.66. The van der Waals surface area contributed by atoms with Crippen molar-refractivity contribution in [1.82, 2.24) is 4.90 Å². The van der Waals surface area contributed by atoms with Crippen LogP contribution in [0.15, 0.2) is 23.2 Å². The zero-order chi connectivity index (χ0) is 16.7. The number of anilines is 1. The van der Waals surface area contributed by atoms with Crippen molar-refractivity contribution in [2.45, 2.75) is 58.9 Å². The fraction of sp³-hybridized carbons (Fsp3) is 0.632. The molecule has 1 aromatic rings. The van der Waals surface area contributed by atoms with Crippen molar-refractivity contribution < 1.29 is 0 Å². The molecule has 24 heavy (non-hydrogen) atoms. The summed E-state index contributed by atoms with van der Waals surface area (Å²) in [6.45, 7) is 9.83. The van der Waals surface area contributed by atoms with Gasteiger partial charge in [0.15, 0.2) is 5.96 Å². The van der Waals surface area contributed by atoms with E-state index in [0.717, 1.165) is 24.7 Å². The van der Waals surface area contributed by atoms with Crippen molar-refractivity contribution in [3.63, 3.8) is 0 Å². The molecule has 4 nitrogen and oxygen atoms in total. The number of likely N-dealkylation sites (tertiary alicyclic amines) is 1. The summed E-state index contributed by atoms with van der Waals surface area (Å²) in [5.74, 6) is 0.514. The summed E-state index contributed by atoms with van der Waals surface area (Å²) in [6.07, 6.45) is 6.40. The number of piperidine rings is 1. The first-order valence-corrected chi connectivity index (χ1v) is 8.94. The lowest BCUT2D eigenvalue weighted by Crippen LogP contribution is -2.38. The minimum atomic E-state index is 0. The molecule has 0 amide bonds. The molecule has 1 saturated heterocycles. The Balaban J connectivity index is 0.00000288. The second-order valence-corrected chi connectivity index (χ2v) is 6.78. The van der Waals surface area contributed by atoms with Crippen molar-refractivity contribution in [2.24, 2.45) is 10.7 Å². The van der Waals surface area contributed by atoms with E-state index in [1.54, 1.807) is 0 Å². The van der Waals surface area contributed by atoms with Crippen LogP contribution in [0.2, 0.25) is 0 Å². The third kappa shape index (κ3) is 6.97. The molecule has 0 radical (unpaired) electrons. The highest BCUT2D eigenvalue weighted by molar-refractivity contribution is 14.0. The summed E-state index contributed by atoms with van der Waals surface area (Å²) < 4.78 is 0. The van der Waals surface area contributed by atoms with Crippen LogP contribution >= 0.6 is 24.0 Å². The fourth-order valence-corrected chi connectivity index (χ4v) is 3.12. The first-order chi connectivity index (χ1) is 11.1. The smallest absolute Gasteiger partial charge is 0.193 e. The molecule has 1 atom stereocenters. The summed E-state index contributed by atoms with van der Waals surface area (Å²) >= 11 is 0. The first kappa shape index (κ1) is 21.2. The summed E-state index contributed by atoms with van der Waals surface area (Å²) in [5.41, 5.74) is 9.53. The molecule has 136 valence electrons. The Morgan fingerprint density at radius 1 is 1.25 bits per heavy atom. The largest absolute Gasteiger partial charge is 0.370 e. The van der Waals surface area contributed by atoms with Gasteiger partial charge in [0.25, 0.3) is 0 Å². The van der Waals surface area contributed by atoms with Gasteiger partial charge in [-0.1, -0.05) is 12.5 Å². The van der Waals surface area contributed by atoms with Crippen molar-refractivity contribution in [2.75, 3.05) is 25.0 Å². The molecule has 2 rings (SSSR count). The topological polar surface area (TPSA) is 53.6 Å². The molecule has 1 fully saturated rings. The van der Waals surface area contributed by atoms with Gasteiger partial charge in [-0.15, -0.1) is 24.0 Å². The number of hydrogen-bond acceptors (Lipinski definition) is 2. The molecule has 1 unspecified atom stereocenters. The number of aliphatic imine (C=N–C) groups is 1. The van der Waals surface area contributed by atoms with Crippen LogP contribution in [-0.2, 0) is 0 Å². The Labute approximate surface area is 164 Å². The molecule has 0 aliphatic carbocycles. The van der Waals surface area contributed by atoms with Crippen LogP contribution in [0.3, 0.4) is 0 Å². The Hall–Kier alpha value is -0.820. The molecular formula is C19H33IN4. The third-order valence-electron chi connectivity index (χ3n) is 4.86. The normalized spacial score (nSPS) is 19.0. The second-order valence-electron chi connectivity index (χ2n) is 6.78. The number of hydrogen-bond donors (Lipinski definition) is 2. The van der Waals surface area contributed by atoms with E-state index in [1.165, 1.54) is 49.9 Å². The lowest BCUT2D eigenvalue weighted by Gasteiger charge is -2.33. The minimum absolute atomic E-state index is 0.